The number of methoxy groups -OCH3 is 1. The Morgan fingerprint density at radius 2 is 2.15 bits per heavy atom. The van der Waals surface area contributed by atoms with E-state index < -0.39 is 17.9 Å². The number of anilines is 1. The van der Waals surface area contributed by atoms with Gasteiger partial charge in [-0.1, -0.05) is 0 Å². The van der Waals surface area contributed by atoms with Crippen molar-refractivity contribution in [2.24, 2.45) is 4.99 Å². The first kappa shape index (κ1) is 22.5. The Bertz CT molecular complexity index is 1150. The zero-order chi connectivity index (χ0) is 24.0. The number of nitrogens with zero attached hydrogens (tertiary/aromatic N) is 3. The minimum absolute atomic E-state index is 0.0809. The summed E-state index contributed by atoms with van der Waals surface area (Å²) in [5.74, 6) is -2.15. The number of aliphatic imine (C=N–C) groups is 1. The fourth-order valence-corrected chi connectivity index (χ4v) is 4.49. The molecule has 1 aromatic heterocycles. The van der Waals surface area contributed by atoms with Gasteiger partial charge in [0.05, 0.1) is 17.7 Å². The van der Waals surface area contributed by atoms with E-state index in [1.54, 1.807) is 48.1 Å². The van der Waals surface area contributed by atoms with Crippen LogP contribution in [0.15, 0.2) is 51.4 Å². The first-order valence-electron chi connectivity index (χ1n) is 11.2. The SMILES string of the molecule is CN=C1C=C(Nc2cccn(C3CC(OC)C3)c2=O)NC2=C(C(=O)N[C@H]3CCC3(F)F)CNN12. The summed E-state index contributed by atoms with van der Waals surface area (Å²) in [7, 11) is 3.26. The molecule has 5 rings (SSSR count). The monoisotopic (exact) mass is 475 g/mol. The predicted molar refractivity (Wildman–Crippen MR) is 121 cm³/mol. The lowest BCUT2D eigenvalue weighted by molar-refractivity contribution is -0.133. The van der Waals surface area contributed by atoms with Gasteiger partial charge >= 0.3 is 0 Å². The summed E-state index contributed by atoms with van der Waals surface area (Å²) in [6, 6.07) is 2.39. The van der Waals surface area contributed by atoms with E-state index in [0.717, 1.165) is 12.8 Å². The maximum Gasteiger partial charge on any atom is 0.274 e. The Labute approximate surface area is 194 Å². The van der Waals surface area contributed by atoms with E-state index in [4.69, 9.17) is 4.74 Å². The average molecular weight is 476 g/mol. The number of hydrogen-bond acceptors (Lipinski definition) is 7. The van der Waals surface area contributed by atoms with Crippen LogP contribution in [0, 0.1) is 0 Å². The number of hydrazine groups is 1. The second-order valence-electron chi connectivity index (χ2n) is 8.83. The average Bonchev–Trinajstić information content (AvgIpc) is 3.22. The number of aromatic nitrogens is 1. The van der Waals surface area contributed by atoms with E-state index in [9.17, 15) is 18.4 Å². The fourth-order valence-electron chi connectivity index (χ4n) is 4.49. The van der Waals surface area contributed by atoms with Gasteiger partial charge in [-0.2, -0.15) is 0 Å². The first-order chi connectivity index (χ1) is 16.3. The van der Waals surface area contributed by atoms with Crippen LogP contribution >= 0.6 is 0 Å². The summed E-state index contributed by atoms with van der Waals surface area (Å²) in [6.45, 7) is 0.146. The van der Waals surface area contributed by atoms with Crippen molar-refractivity contribution < 1.29 is 18.3 Å². The summed E-state index contributed by atoms with van der Waals surface area (Å²) in [4.78, 5) is 30.0. The van der Waals surface area contributed by atoms with E-state index in [0.29, 0.717) is 23.2 Å². The van der Waals surface area contributed by atoms with Gasteiger partial charge in [-0.3, -0.25) is 14.6 Å². The second-order valence-corrected chi connectivity index (χ2v) is 8.83. The molecule has 3 heterocycles. The van der Waals surface area contributed by atoms with Crippen LogP contribution in [0.3, 0.4) is 0 Å². The van der Waals surface area contributed by atoms with Crippen molar-refractivity contribution in [2.75, 3.05) is 26.0 Å². The Morgan fingerprint density at radius 1 is 1.35 bits per heavy atom. The number of hydrogen-bond donors (Lipinski definition) is 4. The van der Waals surface area contributed by atoms with Gasteiger partial charge in [-0.15, -0.1) is 0 Å². The number of alkyl halides is 2. The number of amides is 1. The number of fused-ring (bicyclic) bond motifs is 1. The van der Waals surface area contributed by atoms with Gasteiger partial charge in [0.1, 0.15) is 23.2 Å². The molecule has 12 heteroatoms. The Balaban J connectivity index is 1.36. The molecule has 34 heavy (non-hydrogen) atoms. The molecule has 4 N–H and O–H groups in total. The minimum Gasteiger partial charge on any atom is -0.381 e. The lowest BCUT2D eigenvalue weighted by Gasteiger charge is -2.36. The lowest BCUT2D eigenvalue weighted by atomic mass is 9.87. The molecule has 1 amide bonds. The molecule has 2 aliphatic heterocycles. The predicted octanol–water partition coefficient (Wildman–Crippen LogP) is 1.03. The number of nitrogens with one attached hydrogen (secondary N) is 4. The van der Waals surface area contributed by atoms with Crippen molar-refractivity contribution in [3.05, 3.63) is 52.0 Å². The molecule has 10 nitrogen and oxygen atoms in total. The molecule has 1 atom stereocenters. The third-order valence-corrected chi connectivity index (χ3v) is 6.80. The van der Waals surface area contributed by atoms with Crippen LogP contribution in [0.4, 0.5) is 14.5 Å². The highest BCUT2D eigenvalue weighted by molar-refractivity contribution is 6.01. The summed E-state index contributed by atoms with van der Waals surface area (Å²) >= 11 is 0. The second kappa shape index (κ2) is 8.51. The smallest absolute Gasteiger partial charge is 0.274 e. The van der Waals surface area contributed by atoms with Crippen LogP contribution in [-0.4, -0.2) is 60.1 Å². The van der Waals surface area contributed by atoms with Gasteiger partial charge in [0.25, 0.3) is 17.4 Å². The highest BCUT2D eigenvalue weighted by atomic mass is 19.3. The van der Waals surface area contributed by atoms with E-state index >= 15 is 0 Å². The van der Waals surface area contributed by atoms with Crippen LogP contribution in [0.5, 0.6) is 0 Å². The molecule has 0 aromatic carbocycles. The molecule has 2 aliphatic carbocycles. The number of rotatable bonds is 6. The molecule has 182 valence electrons. The number of halogens is 2. The van der Waals surface area contributed by atoms with E-state index in [1.165, 1.54) is 0 Å². The van der Waals surface area contributed by atoms with Gasteiger partial charge < -0.3 is 25.3 Å². The highest BCUT2D eigenvalue weighted by Gasteiger charge is 2.49. The van der Waals surface area contributed by atoms with Gasteiger partial charge in [0.15, 0.2) is 0 Å². The highest BCUT2D eigenvalue weighted by Crippen LogP contribution is 2.38. The fraction of sp³-hybridized carbons (Fsp3) is 0.500. The van der Waals surface area contributed by atoms with E-state index in [2.05, 4.69) is 26.4 Å². The van der Waals surface area contributed by atoms with Crippen molar-refractivity contribution >= 4 is 17.4 Å². The maximum atomic E-state index is 13.7. The normalized spacial score (nSPS) is 28.5. The zero-order valence-electron chi connectivity index (χ0n) is 18.9. The largest absolute Gasteiger partial charge is 0.381 e. The number of carbonyl (C=O) groups excluding carboxylic acids is 1. The molecule has 0 spiro atoms. The summed E-state index contributed by atoms with van der Waals surface area (Å²) in [5.41, 5.74) is 3.50. The molecule has 0 unspecified atom stereocenters. The van der Waals surface area contributed by atoms with E-state index in [1.807, 2.05) is 0 Å². The van der Waals surface area contributed by atoms with Crippen molar-refractivity contribution in [3.63, 3.8) is 0 Å². The topological polar surface area (TPSA) is 112 Å². The molecule has 0 saturated heterocycles. The van der Waals surface area contributed by atoms with Crippen molar-refractivity contribution in [3.8, 4) is 0 Å². The van der Waals surface area contributed by atoms with Crippen LogP contribution in [0.2, 0.25) is 0 Å². The summed E-state index contributed by atoms with van der Waals surface area (Å²) in [5, 5.41) is 10.2. The summed E-state index contributed by atoms with van der Waals surface area (Å²) in [6.07, 6.45) is 5.19. The molecular weight excluding hydrogens is 448 g/mol. The Morgan fingerprint density at radius 3 is 2.79 bits per heavy atom. The molecule has 2 fully saturated rings. The van der Waals surface area contributed by atoms with Crippen LogP contribution in [0.25, 0.3) is 0 Å². The van der Waals surface area contributed by atoms with Gasteiger partial charge in [-0.25, -0.2) is 19.2 Å². The number of ether oxygens (including phenoxy) is 1. The molecule has 0 radical (unpaired) electrons. The Hall–Kier alpha value is -3.25. The zero-order valence-corrected chi connectivity index (χ0v) is 18.9. The van der Waals surface area contributed by atoms with Crippen LogP contribution in [0.1, 0.15) is 31.7 Å². The van der Waals surface area contributed by atoms with Crippen molar-refractivity contribution in [2.45, 2.75) is 49.8 Å². The molecule has 0 bridgehead atoms. The molecule has 4 aliphatic rings. The van der Waals surface area contributed by atoms with Gasteiger partial charge in [0.2, 0.25) is 0 Å². The third-order valence-electron chi connectivity index (χ3n) is 6.80. The standard InChI is InChI=1S/C22H27F2N7O3/c1-25-18-10-17(27-15-4-3-7-30(21(15)33)12-8-13(9-12)34-2)29-19-14(11-26-31(18)19)20(32)28-16-5-6-22(16,23)24/h3-4,7,10,12-13,16,26-27,29H,5-6,8-9,11H2,1-2H3,(H,28,32)/t12?,13?,16-/m0/s1. The van der Waals surface area contributed by atoms with Crippen molar-refractivity contribution in [1.29, 1.82) is 0 Å². The molecular formula is C22H27F2N7O3. The van der Waals surface area contributed by atoms with Crippen LogP contribution < -0.4 is 26.9 Å². The maximum absolute atomic E-state index is 13.7. The third kappa shape index (κ3) is 3.86. The summed E-state index contributed by atoms with van der Waals surface area (Å²) < 4.78 is 34.3. The van der Waals surface area contributed by atoms with Crippen LogP contribution in [-0.2, 0) is 9.53 Å². The number of amidine groups is 1. The van der Waals surface area contributed by atoms with Gasteiger partial charge in [0, 0.05) is 45.4 Å². The molecule has 2 saturated carbocycles. The van der Waals surface area contributed by atoms with Crippen molar-refractivity contribution in [1.82, 2.24) is 25.6 Å². The Kier molecular flexibility index (Phi) is 5.64. The van der Waals surface area contributed by atoms with E-state index in [-0.39, 0.29) is 42.7 Å². The van der Waals surface area contributed by atoms with Gasteiger partial charge in [-0.05, 0) is 31.4 Å². The molecule has 1 aromatic rings. The minimum atomic E-state index is -2.88. The quantitative estimate of drug-likeness (QED) is 0.486. The number of carbonyl (C=O) groups is 1. The first-order valence-corrected chi connectivity index (χ1v) is 11.2. The lowest BCUT2D eigenvalue weighted by Crippen LogP contribution is -2.55. The number of pyridine rings is 1.